The molecule has 2 aromatic carbocycles. The summed E-state index contributed by atoms with van der Waals surface area (Å²) in [6.07, 6.45) is 3.09. The summed E-state index contributed by atoms with van der Waals surface area (Å²) in [4.78, 5) is 4.58. The Hall–Kier alpha value is -2.00. The molecule has 2 aromatic rings. The Morgan fingerprint density at radius 3 is 2.62 bits per heavy atom. The number of halogens is 1. The minimum absolute atomic E-state index is 0. The molecule has 2 heterocycles. The van der Waals surface area contributed by atoms with Crippen LogP contribution in [0.2, 0.25) is 0 Å². The summed E-state index contributed by atoms with van der Waals surface area (Å²) in [5.74, 6) is 2.22. The zero-order valence-electron chi connectivity index (χ0n) is 16.4. The fourth-order valence-corrected chi connectivity index (χ4v) is 3.69. The Kier molecular flexibility index (Phi) is 8.00. The van der Waals surface area contributed by atoms with E-state index < -0.39 is 0 Å². The van der Waals surface area contributed by atoms with Gasteiger partial charge in [-0.1, -0.05) is 30.3 Å². The molecule has 29 heavy (non-hydrogen) atoms. The Morgan fingerprint density at radius 2 is 1.79 bits per heavy atom. The molecule has 0 amide bonds. The highest BCUT2D eigenvalue weighted by molar-refractivity contribution is 14.0. The molecule has 1 fully saturated rings. The Labute approximate surface area is 188 Å². The summed E-state index contributed by atoms with van der Waals surface area (Å²) < 4.78 is 17.4. The Bertz CT molecular complexity index is 816. The lowest BCUT2D eigenvalue weighted by molar-refractivity contribution is -0.0249. The molecule has 2 aliphatic rings. The molecule has 7 heteroatoms. The van der Waals surface area contributed by atoms with Gasteiger partial charge in [-0.05, 0) is 30.5 Å². The van der Waals surface area contributed by atoms with Gasteiger partial charge < -0.3 is 25.3 Å². The topological polar surface area (TPSA) is 78.1 Å². The molecule has 4 rings (SSSR count). The number of ether oxygens (including phenoxy) is 3. The van der Waals surface area contributed by atoms with E-state index in [0.717, 1.165) is 43.1 Å². The van der Waals surface area contributed by atoms with Gasteiger partial charge in [-0.15, -0.1) is 24.0 Å². The van der Waals surface area contributed by atoms with E-state index >= 15 is 0 Å². The molecule has 3 N–H and O–H groups in total. The number of hydrogen-bond acceptors (Lipinski definition) is 4. The lowest BCUT2D eigenvalue weighted by Crippen LogP contribution is -2.28. The van der Waals surface area contributed by atoms with E-state index in [1.807, 2.05) is 36.4 Å². The number of benzene rings is 2. The first-order valence-electron chi connectivity index (χ1n) is 9.93. The fraction of sp³-hybridized carbons (Fsp3) is 0.409. The molecular weight excluding hydrogens is 481 g/mol. The number of hydrogen-bond donors (Lipinski definition) is 2. The van der Waals surface area contributed by atoms with Crippen LogP contribution in [0.4, 0.5) is 5.69 Å². The third-order valence-corrected chi connectivity index (χ3v) is 5.09. The number of rotatable bonds is 4. The van der Waals surface area contributed by atoms with Gasteiger partial charge in [0.15, 0.2) is 17.5 Å². The molecule has 2 atom stereocenters. The minimum Gasteiger partial charge on any atom is -0.490 e. The molecule has 0 spiro atoms. The summed E-state index contributed by atoms with van der Waals surface area (Å²) in [5.41, 5.74) is 8.18. The van der Waals surface area contributed by atoms with Crippen molar-refractivity contribution in [3.8, 4) is 11.5 Å². The van der Waals surface area contributed by atoms with Crippen molar-refractivity contribution in [2.24, 2.45) is 16.6 Å². The number of guanidine groups is 1. The molecule has 2 aliphatic heterocycles. The smallest absolute Gasteiger partial charge is 0.193 e. The highest BCUT2D eigenvalue weighted by Crippen LogP contribution is 2.34. The second kappa shape index (κ2) is 10.7. The van der Waals surface area contributed by atoms with Crippen LogP contribution in [-0.2, 0) is 4.74 Å². The van der Waals surface area contributed by atoms with Crippen molar-refractivity contribution < 1.29 is 14.2 Å². The maximum atomic E-state index is 6.14. The molecule has 0 saturated carbocycles. The lowest BCUT2D eigenvalue weighted by atomic mass is 9.89. The Balaban J connectivity index is 0.00000240. The normalized spacial score (nSPS) is 21.6. The lowest BCUT2D eigenvalue weighted by Gasteiger charge is -2.31. The highest BCUT2D eigenvalue weighted by Gasteiger charge is 2.27. The summed E-state index contributed by atoms with van der Waals surface area (Å²) >= 11 is 0. The van der Waals surface area contributed by atoms with E-state index in [9.17, 15) is 0 Å². The number of aliphatic imine (C=N–C) groups is 1. The van der Waals surface area contributed by atoms with Crippen LogP contribution in [0.5, 0.6) is 11.5 Å². The van der Waals surface area contributed by atoms with E-state index in [1.165, 1.54) is 5.56 Å². The maximum absolute atomic E-state index is 6.14. The van der Waals surface area contributed by atoms with Gasteiger partial charge in [-0.3, -0.25) is 4.99 Å². The minimum atomic E-state index is 0. The molecule has 2 unspecified atom stereocenters. The standard InChI is InChI=1S/C22H27N3O3.HI/c23-22(25-18-9-10-19-20(14-18)27-13-5-12-26-19)24-15-17-8-4-11-28-21(17)16-6-2-1-3-7-16;/h1-3,6-7,9-10,14,17,21H,4-5,8,11-13,15H2,(H3,23,24,25);1H. The van der Waals surface area contributed by atoms with Gasteiger partial charge in [0.2, 0.25) is 0 Å². The van der Waals surface area contributed by atoms with Crippen LogP contribution in [0.15, 0.2) is 53.5 Å². The third-order valence-electron chi connectivity index (χ3n) is 5.09. The molecule has 0 aliphatic carbocycles. The van der Waals surface area contributed by atoms with Crippen LogP contribution < -0.4 is 20.5 Å². The van der Waals surface area contributed by atoms with Crippen LogP contribution in [0.25, 0.3) is 0 Å². The van der Waals surface area contributed by atoms with E-state index in [-0.39, 0.29) is 30.1 Å². The molecular formula is C22H28IN3O3. The van der Waals surface area contributed by atoms with Crippen LogP contribution in [0.3, 0.4) is 0 Å². The Morgan fingerprint density at radius 1 is 1.00 bits per heavy atom. The van der Waals surface area contributed by atoms with E-state index in [2.05, 4.69) is 22.4 Å². The quantitative estimate of drug-likeness (QED) is 0.364. The van der Waals surface area contributed by atoms with E-state index in [0.29, 0.717) is 31.6 Å². The molecule has 6 nitrogen and oxygen atoms in total. The highest BCUT2D eigenvalue weighted by atomic mass is 127. The van der Waals surface area contributed by atoms with Gasteiger partial charge in [0.25, 0.3) is 0 Å². The summed E-state index contributed by atoms with van der Waals surface area (Å²) in [6.45, 7) is 2.76. The van der Waals surface area contributed by atoms with Gasteiger partial charge in [0, 0.05) is 37.2 Å². The molecule has 0 bridgehead atoms. The van der Waals surface area contributed by atoms with Gasteiger partial charge in [0.05, 0.1) is 19.3 Å². The van der Waals surface area contributed by atoms with Crippen molar-refractivity contribution in [2.75, 3.05) is 31.7 Å². The predicted octanol–water partition coefficient (Wildman–Crippen LogP) is 4.36. The van der Waals surface area contributed by atoms with Crippen LogP contribution >= 0.6 is 24.0 Å². The van der Waals surface area contributed by atoms with Crippen LogP contribution in [0.1, 0.15) is 30.9 Å². The zero-order valence-corrected chi connectivity index (χ0v) is 18.7. The van der Waals surface area contributed by atoms with E-state index in [1.54, 1.807) is 0 Å². The summed E-state index contributed by atoms with van der Waals surface area (Å²) in [7, 11) is 0. The van der Waals surface area contributed by atoms with Crippen molar-refractivity contribution in [3.63, 3.8) is 0 Å². The zero-order chi connectivity index (χ0) is 19.2. The molecule has 0 radical (unpaired) electrons. The van der Waals surface area contributed by atoms with E-state index in [4.69, 9.17) is 19.9 Å². The van der Waals surface area contributed by atoms with Crippen molar-refractivity contribution in [1.29, 1.82) is 0 Å². The second-order valence-electron chi connectivity index (χ2n) is 7.17. The first-order valence-corrected chi connectivity index (χ1v) is 9.93. The average molecular weight is 509 g/mol. The van der Waals surface area contributed by atoms with Crippen LogP contribution in [0, 0.1) is 5.92 Å². The van der Waals surface area contributed by atoms with Gasteiger partial charge in [-0.25, -0.2) is 0 Å². The molecule has 0 aromatic heterocycles. The number of fused-ring (bicyclic) bond motifs is 1. The van der Waals surface area contributed by atoms with Crippen molar-refractivity contribution in [1.82, 2.24) is 0 Å². The van der Waals surface area contributed by atoms with Crippen molar-refractivity contribution in [2.45, 2.75) is 25.4 Å². The van der Waals surface area contributed by atoms with Gasteiger partial charge in [-0.2, -0.15) is 0 Å². The summed E-state index contributed by atoms with van der Waals surface area (Å²) in [6, 6.07) is 16.1. The number of nitrogens with one attached hydrogen (secondary N) is 1. The third kappa shape index (κ3) is 5.76. The first kappa shape index (κ1) is 21.7. The molecule has 156 valence electrons. The monoisotopic (exact) mass is 509 g/mol. The summed E-state index contributed by atoms with van der Waals surface area (Å²) in [5, 5.41) is 3.16. The number of nitrogens with zero attached hydrogens (tertiary/aromatic N) is 1. The average Bonchev–Trinajstić information content (AvgIpc) is 2.98. The van der Waals surface area contributed by atoms with Crippen LogP contribution in [-0.4, -0.2) is 32.3 Å². The SMILES string of the molecule is I.NC(=NCC1CCCOC1c1ccccc1)Nc1ccc2c(c1)OCCCO2. The van der Waals surface area contributed by atoms with Gasteiger partial charge >= 0.3 is 0 Å². The van der Waals surface area contributed by atoms with Crippen molar-refractivity contribution >= 4 is 35.6 Å². The number of nitrogens with two attached hydrogens (primary N) is 1. The predicted molar refractivity (Wildman–Crippen MR) is 125 cm³/mol. The van der Waals surface area contributed by atoms with Crippen molar-refractivity contribution in [3.05, 3.63) is 54.1 Å². The fourth-order valence-electron chi connectivity index (χ4n) is 3.69. The largest absolute Gasteiger partial charge is 0.490 e. The first-order chi connectivity index (χ1) is 13.8. The molecule has 1 saturated heterocycles. The number of anilines is 1. The maximum Gasteiger partial charge on any atom is 0.193 e. The second-order valence-corrected chi connectivity index (χ2v) is 7.17. The van der Waals surface area contributed by atoms with Gasteiger partial charge in [0.1, 0.15) is 0 Å².